The zero-order chi connectivity index (χ0) is 82.5. The number of aromatic nitrogens is 1. The van der Waals surface area contributed by atoms with Gasteiger partial charge in [0.15, 0.2) is 0 Å². The molecular weight excluding hydrogens is 1580 g/mol. The van der Waals surface area contributed by atoms with Crippen LogP contribution in [0.2, 0.25) is 5.02 Å². The van der Waals surface area contributed by atoms with Crippen molar-refractivity contribution in [2.75, 3.05) is 121 Å². The van der Waals surface area contributed by atoms with Gasteiger partial charge in [0.05, 0.1) is 39.3 Å². The molecule has 0 radical (unpaired) electrons. The number of aryl methyl sites for hydroxylation is 1. The SMILES string of the molecule is Cc1ncsc1-c1ccc([C@H](C)NC(=O)C2CCCN2C(=O)[C@@H](NC(=O)CCCCC(=O)N2CCC(C3CCN(C[C@]4(C)CCC(c5ccc(Cl)cc5)=C(CN5CCN(c6ccc(C(=O)NS(=O)(=O)c7ccc(N[C@H](CCN8CCCOCC8)CSc8ccccc8)c(S(=O)(=O)C(F)(F)F)c7)cc6)CC5)C4)CC3)CC2)C(C)(C)C)cc1. The van der Waals surface area contributed by atoms with Crippen LogP contribution in [0.25, 0.3) is 16.0 Å². The van der Waals surface area contributed by atoms with Crippen molar-refractivity contribution in [3.63, 3.8) is 0 Å². The van der Waals surface area contributed by atoms with Gasteiger partial charge >= 0.3 is 5.51 Å². The number of halogens is 4. The van der Waals surface area contributed by atoms with Crippen molar-refractivity contribution in [1.29, 1.82) is 0 Å². The summed E-state index contributed by atoms with van der Waals surface area (Å²) in [5, 5.41) is 9.90. The van der Waals surface area contributed by atoms with Crippen LogP contribution in [-0.4, -0.2) is 210 Å². The minimum absolute atomic E-state index is 0.0236. The summed E-state index contributed by atoms with van der Waals surface area (Å²) >= 11 is 9.47. The van der Waals surface area contributed by atoms with E-state index < -0.39 is 70.3 Å². The summed E-state index contributed by atoms with van der Waals surface area (Å²) in [6.45, 7) is 24.0. The van der Waals surface area contributed by atoms with Crippen LogP contribution in [0.1, 0.15) is 164 Å². The number of ether oxygens (including phenoxy) is 1. The molecule has 1 aromatic heterocycles. The molecule has 0 bridgehead atoms. The number of amides is 5. The van der Waals surface area contributed by atoms with Gasteiger partial charge in [-0.05, 0) is 222 Å². The van der Waals surface area contributed by atoms with E-state index in [1.807, 2.05) is 116 Å². The van der Waals surface area contributed by atoms with E-state index >= 15 is 0 Å². The number of hydrogen-bond acceptors (Lipinski definition) is 18. The van der Waals surface area contributed by atoms with E-state index in [0.717, 1.165) is 155 Å². The average molecular weight is 1690 g/mol. The number of allylic oxidation sites excluding steroid dienone is 1. The summed E-state index contributed by atoms with van der Waals surface area (Å²) < 4.78 is 105. The molecule has 0 saturated carbocycles. The van der Waals surface area contributed by atoms with Crippen LogP contribution in [0.4, 0.5) is 24.5 Å². The first-order valence-electron chi connectivity index (χ1n) is 41.1. The molecule has 5 fully saturated rings. The van der Waals surface area contributed by atoms with Crippen molar-refractivity contribution in [3.8, 4) is 10.4 Å². The maximum Gasteiger partial charge on any atom is 0.501 e. The van der Waals surface area contributed by atoms with Gasteiger partial charge in [-0.15, -0.1) is 23.1 Å². The molecule has 5 saturated heterocycles. The summed E-state index contributed by atoms with van der Waals surface area (Å²) in [6, 6.07) is 32.3. The molecule has 5 aromatic carbocycles. The molecule has 4 N–H and O–H groups in total. The van der Waals surface area contributed by atoms with Crippen molar-refractivity contribution >= 4 is 101 Å². The number of benzene rings is 5. The molecule has 29 heteroatoms. The Kier molecular flexibility index (Phi) is 29.7. The van der Waals surface area contributed by atoms with E-state index in [2.05, 4.69) is 59.6 Å². The number of unbranched alkanes of at least 4 members (excludes halogenated alkanes) is 1. The lowest BCUT2D eigenvalue weighted by Gasteiger charge is -2.45. The second kappa shape index (κ2) is 39.2. The predicted molar refractivity (Wildman–Crippen MR) is 453 cm³/mol. The summed E-state index contributed by atoms with van der Waals surface area (Å²) in [5.74, 6) is -0.102. The third-order valence-electron chi connectivity index (χ3n) is 24.1. The Morgan fingerprint density at radius 3 is 2.09 bits per heavy atom. The number of nitrogens with one attached hydrogen (secondary N) is 4. The van der Waals surface area contributed by atoms with E-state index in [9.17, 15) is 54.0 Å². The Hall–Kier alpha value is -7.41. The van der Waals surface area contributed by atoms with E-state index in [4.69, 9.17) is 16.3 Å². The zero-order valence-electron chi connectivity index (χ0n) is 67.6. The molecule has 1 unspecified atom stereocenters. The monoisotopic (exact) mass is 1690 g/mol. The molecule has 12 rings (SSSR count). The van der Waals surface area contributed by atoms with Gasteiger partial charge in [-0.25, -0.2) is 26.5 Å². The molecule has 6 aromatic rings. The number of hydrogen-bond donors (Lipinski definition) is 4. The number of sulfonamides is 1. The molecule has 5 aliphatic heterocycles. The normalized spacial score (nSPS) is 20.4. The standard InChI is InChI=1S/C87H113ClF3N11O10S4/c1-60(62-19-21-66(22-20-62)80-61(2)92-59-114-80)93-83(106)76-16-12-41-102(76)84(107)81(85(3,4)5)95-78(103)17-10-11-18-79(104)101-45-36-64(37-46-101)63-34-42-99(43-35-63)58-86(6)39-33-74(65-23-27-69(88)28-24-65)68(55-86)56-98-47-49-100(50-48-98)71-29-25-67(26-30-71)82(105)96-116(110,111)73-31-32-75(77(54-73)115(108,109)87(89,90)91)94-70(57-113-72-14-8-7-9-15-72)38-44-97-40-13-52-112-53-51-97/h7-9,14-15,19-32,54,59-60,63-64,70,76,81,94H,10-13,16-18,33-53,55-58H2,1-6H3,(H,93,106)(H,95,103)(H,96,105)/t60-,70+,76?,81+,86+/m0/s1. The number of rotatable bonds is 30. The fraction of sp³-hybridized carbons (Fsp3) is 0.540. The smallest absolute Gasteiger partial charge is 0.380 e. The number of piperazine rings is 1. The third-order valence-corrected chi connectivity index (χ3v) is 29.4. The van der Waals surface area contributed by atoms with Gasteiger partial charge in [0.2, 0.25) is 23.6 Å². The fourth-order valence-electron chi connectivity index (χ4n) is 17.4. The van der Waals surface area contributed by atoms with Crippen LogP contribution in [0.3, 0.4) is 0 Å². The maximum absolute atomic E-state index is 14.5. The average Bonchev–Trinajstić information content (AvgIpc) is 0.851. The van der Waals surface area contributed by atoms with Crippen LogP contribution in [0.15, 0.2) is 147 Å². The highest BCUT2D eigenvalue weighted by Crippen LogP contribution is 2.46. The van der Waals surface area contributed by atoms with Crippen molar-refractivity contribution in [3.05, 3.63) is 160 Å². The third kappa shape index (κ3) is 22.9. The second-order valence-corrected chi connectivity index (χ2v) is 39.7. The lowest BCUT2D eigenvalue weighted by molar-refractivity contribution is -0.144. The minimum Gasteiger partial charge on any atom is -0.380 e. The number of carbonyl (C=O) groups excluding carboxylic acids is 5. The summed E-state index contributed by atoms with van der Waals surface area (Å²) in [4.78, 5) is 86.5. The van der Waals surface area contributed by atoms with Gasteiger partial charge in [-0.2, -0.15) is 13.2 Å². The van der Waals surface area contributed by atoms with Gasteiger partial charge in [0, 0.05) is 131 Å². The molecule has 6 heterocycles. The second-order valence-electron chi connectivity index (χ2n) is 33.7. The molecule has 0 spiro atoms. The Labute approximate surface area is 696 Å². The van der Waals surface area contributed by atoms with Crippen LogP contribution >= 0.6 is 34.7 Å². The van der Waals surface area contributed by atoms with Gasteiger partial charge in [0.1, 0.15) is 17.0 Å². The Bertz CT molecular complexity index is 4620. The molecule has 6 aliphatic rings. The highest BCUT2D eigenvalue weighted by Gasteiger charge is 2.49. The molecule has 5 atom stereocenters. The minimum atomic E-state index is -6.11. The fourth-order valence-corrected chi connectivity index (χ4v) is 21.4. The zero-order valence-corrected chi connectivity index (χ0v) is 71.6. The van der Waals surface area contributed by atoms with Crippen LogP contribution in [-0.2, 0) is 43.8 Å². The Morgan fingerprint density at radius 1 is 0.733 bits per heavy atom. The number of likely N-dealkylation sites (tertiary alicyclic amines) is 3. The molecule has 5 amide bonds. The molecule has 1 aliphatic carbocycles. The Morgan fingerprint density at radius 2 is 1.41 bits per heavy atom. The van der Waals surface area contributed by atoms with Gasteiger partial charge in [-0.1, -0.05) is 99.5 Å². The molecular formula is C87H113ClF3N11O10S4. The quantitative estimate of drug-likeness (QED) is 0.0242. The summed E-state index contributed by atoms with van der Waals surface area (Å²) in [6.07, 6.45) is 11.3. The number of thioether (sulfide) groups is 1. The number of piperidine rings is 2. The molecule has 21 nitrogen and oxygen atoms in total. The highest BCUT2D eigenvalue weighted by molar-refractivity contribution is 7.99. The number of thiazole rings is 1. The molecule has 628 valence electrons. The first kappa shape index (κ1) is 87.9. The van der Waals surface area contributed by atoms with Gasteiger partial charge in [0.25, 0.3) is 25.8 Å². The number of nitrogens with zero attached hydrogens (tertiary/aromatic N) is 7. The first-order chi connectivity index (χ1) is 55.4. The first-order valence-corrected chi connectivity index (χ1v) is 46.3. The number of carbonyl (C=O) groups is 5. The van der Waals surface area contributed by atoms with E-state index in [1.165, 1.54) is 40.6 Å². The lowest BCUT2D eigenvalue weighted by atomic mass is 9.70. The Balaban J connectivity index is 0.577. The number of sulfone groups is 1. The van der Waals surface area contributed by atoms with Crippen molar-refractivity contribution < 1.29 is 58.7 Å². The van der Waals surface area contributed by atoms with Crippen LogP contribution in [0, 0.1) is 29.6 Å². The van der Waals surface area contributed by atoms with E-state index in [1.54, 1.807) is 28.4 Å². The summed E-state index contributed by atoms with van der Waals surface area (Å²) in [5.41, 5.74) is 2.88. The lowest BCUT2D eigenvalue weighted by Crippen LogP contribution is -2.57. The predicted octanol–water partition coefficient (Wildman–Crippen LogP) is 14.5. The van der Waals surface area contributed by atoms with Gasteiger partial charge < -0.3 is 45.2 Å². The number of alkyl halides is 3. The maximum atomic E-state index is 14.5. The highest BCUT2D eigenvalue weighted by atomic mass is 35.5. The van der Waals surface area contributed by atoms with Crippen LogP contribution in [0.5, 0.6) is 0 Å². The number of anilines is 2. The van der Waals surface area contributed by atoms with Crippen molar-refractivity contribution in [2.45, 2.75) is 182 Å². The summed E-state index contributed by atoms with van der Waals surface area (Å²) in [7, 11) is -11.0. The van der Waals surface area contributed by atoms with E-state index in [-0.39, 0.29) is 47.1 Å². The molecule has 116 heavy (non-hydrogen) atoms. The van der Waals surface area contributed by atoms with Crippen molar-refractivity contribution in [1.82, 2.24) is 44.8 Å². The van der Waals surface area contributed by atoms with E-state index in [0.29, 0.717) is 113 Å². The largest absolute Gasteiger partial charge is 0.501 e. The van der Waals surface area contributed by atoms with Crippen LogP contribution < -0.4 is 25.6 Å². The van der Waals surface area contributed by atoms with Gasteiger partial charge in [-0.3, -0.25) is 28.9 Å². The topological polar surface area (TPSA) is 243 Å². The van der Waals surface area contributed by atoms with Crippen molar-refractivity contribution in [2.24, 2.45) is 22.7 Å².